The van der Waals surface area contributed by atoms with Gasteiger partial charge in [0.15, 0.2) is 11.3 Å². The van der Waals surface area contributed by atoms with Crippen LogP contribution in [-0.4, -0.2) is 45.2 Å². The number of aromatic amines is 1. The van der Waals surface area contributed by atoms with Crippen molar-refractivity contribution in [2.24, 2.45) is 5.92 Å². The maximum absolute atomic E-state index is 12.0. The van der Waals surface area contributed by atoms with Gasteiger partial charge in [-0.15, -0.1) is 10.2 Å². The van der Waals surface area contributed by atoms with Crippen molar-refractivity contribution < 1.29 is 4.79 Å². The van der Waals surface area contributed by atoms with Crippen molar-refractivity contribution in [2.75, 3.05) is 18.0 Å². The lowest BCUT2D eigenvalue weighted by Gasteiger charge is -2.21. The molecule has 1 saturated carbocycles. The van der Waals surface area contributed by atoms with E-state index in [4.69, 9.17) is 0 Å². The van der Waals surface area contributed by atoms with Gasteiger partial charge in [-0.25, -0.2) is 4.98 Å². The molecule has 122 valence electrons. The number of hydrogen-bond acceptors (Lipinski definition) is 5. The van der Waals surface area contributed by atoms with E-state index in [-0.39, 0.29) is 17.9 Å². The largest absolute Gasteiger partial charge is 0.369 e. The van der Waals surface area contributed by atoms with Crippen molar-refractivity contribution in [1.82, 2.24) is 25.5 Å². The summed E-state index contributed by atoms with van der Waals surface area (Å²) in [5, 5.41) is 13.7. The van der Waals surface area contributed by atoms with E-state index < -0.39 is 0 Å². The summed E-state index contributed by atoms with van der Waals surface area (Å²) >= 11 is 0. The molecule has 0 radical (unpaired) electrons. The summed E-state index contributed by atoms with van der Waals surface area (Å²) in [7, 11) is 0. The Morgan fingerprint density at radius 2 is 2.17 bits per heavy atom. The molecule has 7 heteroatoms. The molecule has 1 saturated heterocycles. The van der Waals surface area contributed by atoms with E-state index in [0.717, 1.165) is 54.5 Å². The monoisotopic (exact) mass is 322 g/mol. The fourth-order valence-electron chi connectivity index (χ4n) is 3.54. The number of nitrogens with one attached hydrogen (secondary N) is 2. The summed E-state index contributed by atoms with van der Waals surface area (Å²) in [5.74, 6) is 0.484. The van der Waals surface area contributed by atoms with E-state index in [2.05, 4.69) is 36.4 Å². The first-order chi connectivity index (χ1) is 11.8. The number of carbonyl (C=O) groups is 1. The minimum Gasteiger partial charge on any atom is -0.369 e. The Labute approximate surface area is 138 Å². The van der Waals surface area contributed by atoms with Crippen molar-refractivity contribution in [3.8, 4) is 0 Å². The smallest absolute Gasteiger partial charge is 0.223 e. The molecule has 5 rings (SSSR count). The topological polar surface area (TPSA) is 86.8 Å². The second kappa shape index (κ2) is 5.15. The third-order valence-corrected chi connectivity index (χ3v) is 4.97. The van der Waals surface area contributed by atoms with Crippen molar-refractivity contribution in [1.29, 1.82) is 0 Å². The lowest BCUT2D eigenvalue weighted by atomic mass is 10.2. The van der Waals surface area contributed by atoms with E-state index in [1.165, 1.54) is 0 Å². The van der Waals surface area contributed by atoms with Gasteiger partial charge in [0.25, 0.3) is 0 Å². The summed E-state index contributed by atoms with van der Waals surface area (Å²) in [6, 6.07) is 4.27. The molecule has 4 heterocycles. The zero-order chi connectivity index (χ0) is 16.1. The van der Waals surface area contributed by atoms with E-state index in [1.807, 2.05) is 12.3 Å². The molecule has 1 atom stereocenters. The van der Waals surface area contributed by atoms with Gasteiger partial charge >= 0.3 is 0 Å². The van der Waals surface area contributed by atoms with Gasteiger partial charge in [-0.3, -0.25) is 4.79 Å². The highest BCUT2D eigenvalue weighted by Gasteiger charge is 2.33. The number of anilines is 1. The molecule has 1 amide bonds. The molecule has 7 nitrogen and oxygen atoms in total. The van der Waals surface area contributed by atoms with E-state index in [1.54, 1.807) is 6.20 Å². The number of aromatic nitrogens is 4. The Morgan fingerprint density at radius 1 is 1.25 bits per heavy atom. The van der Waals surface area contributed by atoms with Gasteiger partial charge in [-0.1, -0.05) is 0 Å². The Balaban J connectivity index is 1.48. The number of carbonyl (C=O) groups excluding carboxylic acids is 1. The molecule has 0 spiro atoms. The number of pyridine rings is 1. The zero-order valence-electron chi connectivity index (χ0n) is 13.2. The maximum atomic E-state index is 12.0. The van der Waals surface area contributed by atoms with E-state index >= 15 is 0 Å². The lowest BCUT2D eigenvalue weighted by Crippen LogP contribution is -2.37. The molecular weight excluding hydrogens is 304 g/mol. The first-order valence-corrected chi connectivity index (χ1v) is 8.43. The molecule has 2 fully saturated rings. The molecule has 1 unspecified atom stereocenters. The minimum atomic E-state index is 0.223. The molecule has 1 aliphatic carbocycles. The fourth-order valence-corrected chi connectivity index (χ4v) is 3.54. The average molecular weight is 322 g/mol. The van der Waals surface area contributed by atoms with Crippen LogP contribution in [0.4, 0.5) is 5.69 Å². The Kier molecular flexibility index (Phi) is 2.95. The molecule has 24 heavy (non-hydrogen) atoms. The number of hydrogen-bond donors (Lipinski definition) is 2. The van der Waals surface area contributed by atoms with Crippen LogP contribution < -0.4 is 10.2 Å². The standard InChI is InChI=1S/C17H18N6O/c24-17(10-1-2-10)20-11-5-8-23(9-11)13-4-7-19-16-14(13)12-3-6-18-15(12)21-22-16/h3-4,6-7,10-11H,1-2,5,8-9H2,(H,19,22)(H,20,24). The summed E-state index contributed by atoms with van der Waals surface area (Å²) < 4.78 is 0. The quantitative estimate of drug-likeness (QED) is 0.765. The summed E-state index contributed by atoms with van der Waals surface area (Å²) in [4.78, 5) is 21.7. The molecular formula is C17H18N6O. The molecule has 1 aliphatic heterocycles. The van der Waals surface area contributed by atoms with Crippen LogP contribution in [0.2, 0.25) is 0 Å². The summed E-state index contributed by atoms with van der Waals surface area (Å²) in [6.45, 7) is 1.75. The molecule has 0 aromatic carbocycles. The second-order valence-corrected chi connectivity index (χ2v) is 6.68. The normalized spacial score (nSPS) is 20.8. The molecule has 2 aliphatic rings. The summed E-state index contributed by atoms with van der Waals surface area (Å²) in [6.07, 6.45) is 6.71. The minimum absolute atomic E-state index is 0.223. The van der Waals surface area contributed by atoms with Crippen LogP contribution in [-0.2, 0) is 4.79 Å². The number of rotatable bonds is 3. The van der Waals surface area contributed by atoms with Crippen LogP contribution in [0.25, 0.3) is 22.1 Å². The van der Waals surface area contributed by atoms with Gasteiger partial charge in [0, 0.05) is 42.8 Å². The highest BCUT2D eigenvalue weighted by Crippen LogP contribution is 2.33. The maximum Gasteiger partial charge on any atom is 0.223 e. The van der Waals surface area contributed by atoms with Crippen LogP contribution in [0.3, 0.4) is 0 Å². The van der Waals surface area contributed by atoms with Crippen molar-refractivity contribution in [2.45, 2.75) is 25.3 Å². The number of H-pyrrole nitrogens is 1. The fraction of sp³-hybridized carbons (Fsp3) is 0.412. The lowest BCUT2D eigenvalue weighted by molar-refractivity contribution is -0.122. The molecule has 3 aromatic rings. The van der Waals surface area contributed by atoms with Crippen LogP contribution in [0.5, 0.6) is 0 Å². The Morgan fingerprint density at radius 3 is 3.04 bits per heavy atom. The SMILES string of the molecule is O=C(NC1CCN(c2cc[nH]c3nnc4nccc4c23)C1)C1CC1. The third-order valence-electron chi connectivity index (χ3n) is 4.97. The highest BCUT2D eigenvalue weighted by molar-refractivity contribution is 6.08. The van der Waals surface area contributed by atoms with Gasteiger partial charge in [-0.05, 0) is 31.4 Å². The number of amides is 1. The van der Waals surface area contributed by atoms with Gasteiger partial charge in [0.2, 0.25) is 5.91 Å². The predicted molar refractivity (Wildman–Crippen MR) is 90.7 cm³/mol. The van der Waals surface area contributed by atoms with Crippen molar-refractivity contribution in [3.05, 3.63) is 24.5 Å². The third kappa shape index (κ3) is 2.19. The van der Waals surface area contributed by atoms with E-state index in [9.17, 15) is 4.79 Å². The van der Waals surface area contributed by atoms with E-state index in [0.29, 0.717) is 5.65 Å². The highest BCUT2D eigenvalue weighted by atomic mass is 16.2. The number of nitrogens with zero attached hydrogens (tertiary/aromatic N) is 4. The van der Waals surface area contributed by atoms with Gasteiger partial charge in [0.1, 0.15) is 0 Å². The first kappa shape index (κ1) is 13.7. The predicted octanol–water partition coefficient (Wildman–Crippen LogP) is 1.61. The first-order valence-electron chi connectivity index (χ1n) is 8.43. The number of fused-ring (bicyclic) bond motifs is 3. The van der Waals surface area contributed by atoms with Crippen molar-refractivity contribution in [3.63, 3.8) is 0 Å². The van der Waals surface area contributed by atoms with Crippen LogP contribution >= 0.6 is 0 Å². The van der Waals surface area contributed by atoms with Gasteiger partial charge in [-0.2, -0.15) is 0 Å². The Hall–Kier alpha value is -2.70. The Bertz CT molecular complexity index is 931. The summed E-state index contributed by atoms with van der Waals surface area (Å²) in [5.41, 5.74) is 2.56. The molecule has 3 aromatic heterocycles. The molecule has 0 bridgehead atoms. The van der Waals surface area contributed by atoms with Gasteiger partial charge in [0.05, 0.1) is 11.1 Å². The zero-order valence-corrected chi connectivity index (χ0v) is 13.2. The second-order valence-electron chi connectivity index (χ2n) is 6.68. The van der Waals surface area contributed by atoms with Crippen LogP contribution in [0.15, 0.2) is 24.5 Å². The van der Waals surface area contributed by atoms with Crippen molar-refractivity contribution >= 4 is 33.7 Å². The molecule has 2 N–H and O–H groups in total. The van der Waals surface area contributed by atoms with Crippen LogP contribution in [0.1, 0.15) is 19.3 Å². The van der Waals surface area contributed by atoms with Crippen LogP contribution in [0, 0.1) is 5.92 Å². The average Bonchev–Trinajstić information content (AvgIpc) is 3.17. The van der Waals surface area contributed by atoms with Gasteiger partial charge < -0.3 is 15.2 Å².